The van der Waals surface area contributed by atoms with Crippen molar-refractivity contribution in [3.05, 3.63) is 0 Å². The first-order chi connectivity index (χ1) is 8.47. The quantitative estimate of drug-likeness (QED) is 0.615. The molecule has 0 heterocycles. The van der Waals surface area contributed by atoms with Crippen molar-refractivity contribution in [3.63, 3.8) is 0 Å². The molecule has 18 heavy (non-hydrogen) atoms. The van der Waals surface area contributed by atoms with Crippen LogP contribution < -0.4 is 0 Å². The highest BCUT2D eigenvalue weighted by molar-refractivity contribution is 5.81. The standard InChI is InChI=1S/C13H24FNO3/c1-3-15(10-13(17)18)12(16)9-7-5-4-6-8-11(2)14/h11H,3-10H2,1-2H3,(H,17,18). The molecule has 0 saturated heterocycles. The number of alkyl halides is 1. The van der Waals surface area contributed by atoms with Crippen molar-refractivity contribution in [2.24, 2.45) is 0 Å². The van der Waals surface area contributed by atoms with E-state index in [2.05, 4.69) is 0 Å². The van der Waals surface area contributed by atoms with E-state index in [0.717, 1.165) is 25.7 Å². The Hall–Kier alpha value is -1.13. The number of hydrogen-bond donors (Lipinski definition) is 1. The van der Waals surface area contributed by atoms with Crippen LogP contribution in [0.3, 0.4) is 0 Å². The summed E-state index contributed by atoms with van der Waals surface area (Å²) in [6.45, 7) is 3.51. The number of unbranched alkanes of at least 4 members (excludes halogenated alkanes) is 3. The second-order valence-corrected chi connectivity index (χ2v) is 4.54. The third-order valence-electron chi connectivity index (χ3n) is 2.80. The van der Waals surface area contributed by atoms with Gasteiger partial charge >= 0.3 is 5.97 Å². The van der Waals surface area contributed by atoms with Gasteiger partial charge in [0, 0.05) is 13.0 Å². The number of carbonyl (C=O) groups excluding carboxylic acids is 1. The maximum Gasteiger partial charge on any atom is 0.323 e. The largest absolute Gasteiger partial charge is 0.480 e. The Labute approximate surface area is 108 Å². The molecule has 0 aromatic carbocycles. The zero-order valence-electron chi connectivity index (χ0n) is 11.3. The van der Waals surface area contributed by atoms with Crippen molar-refractivity contribution < 1.29 is 19.1 Å². The molecule has 0 saturated carbocycles. The second-order valence-electron chi connectivity index (χ2n) is 4.54. The molecule has 0 radical (unpaired) electrons. The Morgan fingerprint density at radius 3 is 2.33 bits per heavy atom. The van der Waals surface area contributed by atoms with Gasteiger partial charge in [0.2, 0.25) is 5.91 Å². The van der Waals surface area contributed by atoms with Crippen LogP contribution in [0.5, 0.6) is 0 Å². The number of halogens is 1. The minimum Gasteiger partial charge on any atom is -0.480 e. The van der Waals surface area contributed by atoms with Crippen LogP contribution in [0.15, 0.2) is 0 Å². The van der Waals surface area contributed by atoms with Gasteiger partial charge in [-0.05, 0) is 26.7 Å². The molecule has 1 N–H and O–H groups in total. The van der Waals surface area contributed by atoms with E-state index in [1.165, 1.54) is 4.90 Å². The van der Waals surface area contributed by atoms with Gasteiger partial charge in [-0.2, -0.15) is 0 Å². The molecule has 0 aliphatic heterocycles. The first-order valence-corrected chi connectivity index (χ1v) is 6.61. The van der Waals surface area contributed by atoms with Gasteiger partial charge in [-0.3, -0.25) is 9.59 Å². The topological polar surface area (TPSA) is 57.6 Å². The third-order valence-corrected chi connectivity index (χ3v) is 2.80. The van der Waals surface area contributed by atoms with E-state index in [0.29, 0.717) is 19.4 Å². The fraction of sp³-hybridized carbons (Fsp3) is 0.846. The average molecular weight is 261 g/mol. The lowest BCUT2D eigenvalue weighted by Gasteiger charge is -2.18. The zero-order chi connectivity index (χ0) is 14.0. The van der Waals surface area contributed by atoms with Gasteiger partial charge in [0.15, 0.2) is 0 Å². The molecule has 0 aromatic rings. The summed E-state index contributed by atoms with van der Waals surface area (Å²) < 4.78 is 12.5. The molecule has 1 amide bonds. The van der Waals surface area contributed by atoms with Crippen LogP contribution in [-0.2, 0) is 9.59 Å². The Balaban J connectivity index is 3.65. The van der Waals surface area contributed by atoms with Crippen LogP contribution >= 0.6 is 0 Å². The van der Waals surface area contributed by atoms with Crippen LogP contribution in [0.4, 0.5) is 4.39 Å². The van der Waals surface area contributed by atoms with Crippen molar-refractivity contribution in [3.8, 4) is 0 Å². The summed E-state index contributed by atoms with van der Waals surface area (Å²) in [6, 6.07) is 0. The number of hydrogen-bond acceptors (Lipinski definition) is 2. The highest BCUT2D eigenvalue weighted by Crippen LogP contribution is 2.09. The lowest BCUT2D eigenvalue weighted by atomic mass is 10.1. The summed E-state index contributed by atoms with van der Waals surface area (Å²) >= 11 is 0. The summed E-state index contributed by atoms with van der Waals surface area (Å²) in [5.74, 6) is -1.10. The van der Waals surface area contributed by atoms with E-state index in [1.807, 2.05) is 0 Å². The maximum absolute atomic E-state index is 12.5. The van der Waals surface area contributed by atoms with E-state index >= 15 is 0 Å². The normalized spacial score (nSPS) is 12.2. The number of carboxylic acids is 1. The molecule has 0 aromatic heterocycles. The van der Waals surface area contributed by atoms with Gasteiger partial charge in [-0.15, -0.1) is 0 Å². The Kier molecular flexibility index (Phi) is 9.24. The smallest absolute Gasteiger partial charge is 0.323 e. The van der Waals surface area contributed by atoms with E-state index < -0.39 is 12.1 Å². The molecule has 0 spiro atoms. The molecule has 5 heteroatoms. The molecule has 0 aliphatic carbocycles. The molecule has 0 rings (SSSR count). The zero-order valence-corrected chi connectivity index (χ0v) is 11.3. The van der Waals surface area contributed by atoms with Crippen molar-refractivity contribution in [2.45, 2.75) is 58.5 Å². The van der Waals surface area contributed by atoms with E-state index in [4.69, 9.17) is 5.11 Å². The monoisotopic (exact) mass is 261 g/mol. The fourth-order valence-electron chi connectivity index (χ4n) is 1.75. The highest BCUT2D eigenvalue weighted by Gasteiger charge is 2.13. The van der Waals surface area contributed by atoms with Crippen LogP contribution in [0, 0.1) is 0 Å². The van der Waals surface area contributed by atoms with Crippen molar-refractivity contribution in [2.75, 3.05) is 13.1 Å². The summed E-state index contributed by atoms with van der Waals surface area (Å²) in [7, 11) is 0. The first-order valence-electron chi connectivity index (χ1n) is 6.61. The number of carbonyl (C=O) groups is 2. The molecular weight excluding hydrogens is 237 g/mol. The van der Waals surface area contributed by atoms with Gasteiger partial charge in [0.25, 0.3) is 0 Å². The van der Waals surface area contributed by atoms with Crippen LogP contribution in [-0.4, -0.2) is 41.1 Å². The lowest BCUT2D eigenvalue weighted by molar-refractivity contribution is -0.144. The second kappa shape index (κ2) is 9.85. The molecule has 1 unspecified atom stereocenters. The number of carboxylic acid groups (broad SMARTS) is 1. The fourth-order valence-corrected chi connectivity index (χ4v) is 1.75. The van der Waals surface area contributed by atoms with Gasteiger partial charge in [0.05, 0.1) is 6.17 Å². The summed E-state index contributed by atoms with van der Waals surface area (Å²) in [5.41, 5.74) is 0. The SMILES string of the molecule is CCN(CC(=O)O)C(=O)CCCCCCC(C)F. The molecule has 0 aliphatic rings. The van der Waals surface area contributed by atoms with Crippen molar-refractivity contribution >= 4 is 11.9 Å². The summed E-state index contributed by atoms with van der Waals surface area (Å²) in [4.78, 5) is 23.5. The predicted octanol–water partition coefficient (Wildman–Crippen LogP) is 2.62. The Morgan fingerprint density at radius 2 is 1.83 bits per heavy atom. The van der Waals surface area contributed by atoms with Crippen molar-refractivity contribution in [1.29, 1.82) is 0 Å². The Bertz CT molecular complexity index is 257. The first kappa shape index (κ1) is 16.9. The third kappa shape index (κ3) is 8.96. The number of aliphatic carboxylic acids is 1. The van der Waals surface area contributed by atoms with Crippen LogP contribution in [0.1, 0.15) is 52.4 Å². The summed E-state index contributed by atoms with van der Waals surface area (Å²) in [5, 5.41) is 8.63. The van der Waals surface area contributed by atoms with Gasteiger partial charge in [0.1, 0.15) is 6.54 Å². The maximum atomic E-state index is 12.5. The number of amides is 1. The van der Waals surface area contributed by atoms with E-state index in [1.54, 1.807) is 13.8 Å². The minimum atomic E-state index is -0.984. The highest BCUT2D eigenvalue weighted by atomic mass is 19.1. The van der Waals surface area contributed by atoms with Crippen LogP contribution in [0.25, 0.3) is 0 Å². The molecule has 106 valence electrons. The molecule has 1 atom stereocenters. The van der Waals surface area contributed by atoms with Gasteiger partial charge in [-0.1, -0.05) is 19.3 Å². The lowest BCUT2D eigenvalue weighted by Crippen LogP contribution is -2.35. The summed E-state index contributed by atoms with van der Waals surface area (Å²) in [6.07, 6.45) is 3.61. The molecule has 4 nitrogen and oxygen atoms in total. The molecule has 0 fully saturated rings. The number of rotatable bonds is 10. The van der Waals surface area contributed by atoms with Gasteiger partial charge in [-0.25, -0.2) is 4.39 Å². The van der Waals surface area contributed by atoms with Crippen LogP contribution in [0.2, 0.25) is 0 Å². The molecule has 0 bridgehead atoms. The van der Waals surface area contributed by atoms with Gasteiger partial charge < -0.3 is 10.0 Å². The average Bonchev–Trinajstić information content (AvgIpc) is 2.29. The predicted molar refractivity (Wildman–Crippen MR) is 68.2 cm³/mol. The van der Waals surface area contributed by atoms with Crippen molar-refractivity contribution in [1.82, 2.24) is 4.90 Å². The van der Waals surface area contributed by atoms with E-state index in [-0.39, 0.29) is 12.5 Å². The van der Waals surface area contributed by atoms with E-state index in [9.17, 15) is 14.0 Å². The molecular formula is C13H24FNO3. The minimum absolute atomic E-state index is 0.112. The number of nitrogens with zero attached hydrogens (tertiary/aromatic N) is 1. The number of likely N-dealkylation sites (N-methyl/N-ethyl adjacent to an activating group) is 1. The Morgan fingerprint density at radius 1 is 1.22 bits per heavy atom.